The molecule has 1 saturated heterocycles. The maximum absolute atomic E-state index is 13.3. The van der Waals surface area contributed by atoms with Gasteiger partial charge in [-0.25, -0.2) is 12.8 Å². The number of hydrogen-bond acceptors (Lipinski definition) is 3. The van der Waals surface area contributed by atoms with E-state index < -0.39 is 15.8 Å². The van der Waals surface area contributed by atoms with Gasteiger partial charge < -0.3 is 5.73 Å². The van der Waals surface area contributed by atoms with Crippen molar-refractivity contribution in [1.29, 1.82) is 0 Å². The van der Waals surface area contributed by atoms with Crippen molar-refractivity contribution in [3.8, 4) is 0 Å². The molecule has 1 aromatic rings. The van der Waals surface area contributed by atoms with Crippen LogP contribution in [0.1, 0.15) is 19.8 Å². The van der Waals surface area contributed by atoms with E-state index in [-0.39, 0.29) is 34.9 Å². The maximum atomic E-state index is 13.3. The van der Waals surface area contributed by atoms with Crippen molar-refractivity contribution >= 4 is 34.0 Å². The van der Waals surface area contributed by atoms with Crippen LogP contribution in [0.3, 0.4) is 0 Å². The van der Waals surface area contributed by atoms with Crippen LogP contribution in [0.5, 0.6) is 0 Å². The first-order valence-electron chi connectivity index (χ1n) is 6.53. The number of rotatable bonds is 3. The molecule has 2 rings (SSSR count). The molecule has 1 fully saturated rings. The summed E-state index contributed by atoms with van der Waals surface area (Å²) in [7, 11) is -3.82. The Balaban J connectivity index is 0.00000220. The van der Waals surface area contributed by atoms with Crippen LogP contribution in [0.4, 0.5) is 4.39 Å². The van der Waals surface area contributed by atoms with Gasteiger partial charge in [-0.05, 0) is 37.0 Å². The second-order valence-electron chi connectivity index (χ2n) is 5.21. The van der Waals surface area contributed by atoms with Crippen LogP contribution in [0, 0.1) is 11.7 Å². The number of sulfonamides is 1. The molecular formula is C13H19Cl2FN2O2S. The van der Waals surface area contributed by atoms with Crippen LogP contribution in [-0.4, -0.2) is 31.9 Å². The molecule has 8 heteroatoms. The van der Waals surface area contributed by atoms with Crippen molar-refractivity contribution in [2.24, 2.45) is 11.7 Å². The highest BCUT2D eigenvalue weighted by Gasteiger charge is 2.36. The monoisotopic (exact) mass is 356 g/mol. The van der Waals surface area contributed by atoms with Crippen molar-refractivity contribution < 1.29 is 12.8 Å². The van der Waals surface area contributed by atoms with E-state index in [0.29, 0.717) is 18.9 Å². The Bertz CT molecular complexity index is 598. The molecule has 1 aliphatic heterocycles. The van der Waals surface area contributed by atoms with E-state index in [1.807, 2.05) is 0 Å². The van der Waals surface area contributed by atoms with E-state index in [1.165, 1.54) is 10.4 Å². The fourth-order valence-corrected chi connectivity index (χ4v) is 4.71. The summed E-state index contributed by atoms with van der Waals surface area (Å²) in [6, 6.07) is 3.10. The fraction of sp³-hybridized carbons (Fsp3) is 0.538. The lowest BCUT2D eigenvalue weighted by Crippen LogP contribution is -2.49. The smallest absolute Gasteiger partial charge is 0.244 e. The van der Waals surface area contributed by atoms with Gasteiger partial charge in [-0.2, -0.15) is 4.31 Å². The Hall–Kier alpha value is -0.400. The maximum Gasteiger partial charge on any atom is 0.244 e. The van der Waals surface area contributed by atoms with Gasteiger partial charge in [0.25, 0.3) is 0 Å². The first-order chi connectivity index (χ1) is 9.36. The predicted molar refractivity (Wildman–Crippen MR) is 83.8 cm³/mol. The number of hydrogen-bond donors (Lipinski definition) is 1. The van der Waals surface area contributed by atoms with Crippen LogP contribution in [0.25, 0.3) is 0 Å². The number of piperidine rings is 1. The molecule has 0 amide bonds. The number of benzene rings is 1. The Kier molecular flexibility index (Phi) is 6.43. The van der Waals surface area contributed by atoms with Gasteiger partial charge in [-0.15, -0.1) is 12.4 Å². The van der Waals surface area contributed by atoms with Gasteiger partial charge in [0, 0.05) is 19.1 Å². The summed E-state index contributed by atoms with van der Waals surface area (Å²) in [4.78, 5) is -0.188. The lowest BCUT2D eigenvalue weighted by Gasteiger charge is -2.37. The summed E-state index contributed by atoms with van der Waals surface area (Å²) in [5, 5.41) is 0.0285. The average molecular weight is 357 g/mol. The van der Waals surface area contributed by atoms with Crippen LogP contribution in [-0.2, 0) is 10.0 Å². The first-order valence-corrected chi connectivity index (χ1v) is 8.35. The molecule has 1 aromatic carbocycles. The normalized spacial score (nSPS) is 23.6. The van der Waals surface area contributed by atoms with Gasteiger partial charge in [0.15, 0.2) is 0 Å². The Morgan fingerprint density at radius 3 is 2.76 bits per heavy atom. The third kappa shape index (κ3) is 3.87. The molecule has 2 atom stereocenters. The number of halogens is 3. The molecule has 0 radical (unpaired) electrons. The van der Waals surface area contributed by atoms with Crippen LogP contribution < -0.4 is 5.73 Å². The lowest BCUT2D eigenvalue weighted by atomic mass is 9.94. The van der Waals surface area contributed by atoms with Crippen molar-refractivity contribution in [2.45, 2.75) is 30.7 Å². The van der Waals surface area contributed by atoms with Gasteiger partial charge in [0.05, 0.1) is 5.02 Å². The topological polar surface area (TPSA) is 63.4 Å². The van der Waals surface area contributed by atoms with Crippen LogP contribution in [0.2, 0.25) is 5.02 Å². The minimum atomic E-state index is -3.82. The predicted octanol–water partition coefficient (Wildman–Crippen LogP) is 2.65. The zero-order valence-electron chi connectivity index (χ0n) is 11.6. The molecule has 1 aliphatic rings. The highest BCUT2D eigenvalue weighted by atomic mass is 35.5. The molecule has 0 aliphatic carbocycles. The van der Waals surface area contributed by atoms with Crippen molar-refractivity contribution in [2.75, 3.05) is 13.1 Å². The zero-order valence-corrected chi connectivity index (χ0v) is 14.0. The molecule has 0 aromatic heterocycles. The molecule has 1 heterocycles. The SMILES string of the molecule is CC1CCN(S(=O)(=O)c2cc(F)ccc2Cl)C(CN)C1.Cl. The summed E-state index contributed by atoms with van der Waals surface area (Å²) >= 11 is 5.92. The molecule has 2 N–H and O–H groups in total. The summed E-state index contributed by atoms with van der Waals surface area (Å²) in [6.45, 7) is 2.70. The standard InChI is InChI=1S/C13H18ClFN2O2S.ClH/c1-9-4-5-17(11(6-9)8-16)20(18,19)13-7-10(15)2-3-12(13)14;/h2-3,7,9,11H,4-6,8,16H2,1H3;1H. The molecule has 120 valence electrons. The molecule has 0 bridgehead atoms. The van der Waals surface area contributed by atoms with Crippen LogP contribution >= 0.6 is 24.0 Å². The number of nitrogens with zero attached hydrogens (tertiary/aromatic N) is 1. The van der Waals surface area contributed by atoms with Crippen molar-refractivity contribution in [1.82, 2.24) is 4.31 Å². The molecular weight excluding hydrogens is 338 g/mol. The molecule has 0 spiro atoms. The third-order valence-corrected chi connectivity index (χ3v) is 6.11. The van der Waals surface area contributed by atoms with E-state index in [4.69, 9.17) is 17.3 Å². The molecule has 4 nitrogen and oxygen atoms in total. The molecule has 0 saturated carbocycles. The van der Waals surface area contributed by atoms with E-state index in [0.717, 1.165) is 18.6 Å². The molecule has 21 heavy (non-hydrogen) atoms. The Labute approximate surface area is 135 Å². The largest absolute Gasteiger partial charge is 0.329 e. The van der Waals surface area contributed by atoms with E-state index >= 15 is 0 Å². The van der Waals surface area contributed by atoms with Gasteiger partial charge in [0.1, 0.15) is 10.7 Å². The summed E-state index contributed by atoms with van der Waals surface area (Å²) in [5.41, 5.74) is 5.69. The van der Waals surface area contributed by atoms with E-state index in [9.17, 15) is 12.8 Å². The van der Waals surface area contributed by atoms with Crippen molar-refractivity contribution in [3.05, 3.63) is 29.0 Å². The molecule has 2 unspecified atom stereocenters. The Morgan fingerprint density at radius 2 is 2.14 bits per heavy atom. The highest BCUT2D eigenvalue weighted by Crippen LogP contribution is 2.31. The lowest BCUT2D eigenvalue weighted by molar-refractivity contribution is 0.211. The average Bonchev–Trinajstić information content (AvgIpc) is 2.40. The van der Waals surface area contributed by atoms with Gasteiger partial charge in [-0.1, -0.05) is 18.5 Å². The van der Waals surface area contributed by atoms with E-state index in [1.54, 1.807) is 0 Å². The minimum absolute atomic E-state index is 0. The van der Waals surface area contributed by atoms with Gasteiger partial charge >= 0.3 is 0 Å². The summed E-state index contributed by atoms with van der Waals surface area (Å²) in [6.07, 6.45) is 1.48. The first kappa shape index (κ1) is 18.6. The zero-order chi connectivity index (χ0) is 14.9. The van der Waals surface area contributed by atoms with E-state index in [2.05, 4.69) is 6.92 Å². The summed E-state index contributed by atoms with van der Waals surface area (Å²) < 4.78 is 40.0. The van der Waals surface area contributed by atoms with Gasteiger partial charge in [-0.3, -0.25) is 0 Å². The fourth-order valence-electron chi connectivity index (χ4n) is 2.56. The summed E-state index contributed by atoms with van der Waals surface area (Å²) in [5.74, 6) is -0.194. The number of nitrogens with two attached hydrogens (primary N) is 1. The van der Waals surface area contributed by atoms with Gasteiger partial charge in [0.2, 0.25) is 10.0 Å². The Morgan fingerprint density at radius 1 is 1.48 bits per heavy atom. The minimum Gasteiger partial charge on any atom is -0.329 e. The second-order valence-corrected chi connectivity index (χ2v) is 7.48. The van der Waals surface area contributed by atoms with Crippen molar-refractivity contribution in [3.63, 3.8) is 0 Å². The third-order valence-electron chi connectivity index (χ3n) is 3.68. The second kappa shape index (κ2) is 7.24. The quantitative estimate of drug-likeness (QED) is 0.905. The highest BCUT2D eigenvalue weighted by molar-refractivity contribution is 7.89. The van der Waals surface area contributed by atoms with Crippen LogP contribution in [0.15, 0.2) is 23.1 Å².